The molecule has 2 N–H and O–H groups in total. The number of aromatic nitrogens is 2. The first-order chi connectivity index (χ1) is 15.3. The van der Waals surface area contributed by atoms with Crippen molar-refractivity contribution in [2.24, 2.45) is 5.10 Å². The number of rotatable bonds is 4. The van der Waals surface area contributed by atoms with Crippen molar-refractivity contribution in [3.63, 3.8) is 0 Å². The quantitative estimate of drug-likeness (QED) is 0.760. The number of hydrogen-bond acceptors (Lipinski definition) is 6. The number of carbonyl (C=O) groups is 1. The lowest BCUT2D eigenvalue weighted by molar-refractivity contribution is -0.130. The van der Waals surface area contributed by atoms with Crippen LogP contribution in [-0.4, -0.2) is 45.4 Å². The highest BCUT2D eigenvalue weighted by molar-refractivity contribution is 6.04. The van der Waals surface area contributed by atoms with Gasteiger partial charge in [-0.1, -0.05) is 31.4 Å². The molecule has 32 heavy (non-hydrogen) atoms. The molecule has 0 radical (unpaired) electrons. The van der Waals surface area contributed by atoms with Crippen molar-refractivity contribution in [2.45, 2.75) is 57.5 Å². The second kappa shape index (κ2) is 8.64. The minimum Gasteiger partial charge on any atom is -0.494 e. The summed E-state index contributed by atoms with van der Waals surface area (Å²) >= 11 is 0. The zero-order valence-corrected chi connectivity index (χ0v) is 18.7. The highest BCUT2D eigenvalue weighted by Crippen LogP contribution is 2.36. The molecule has 0 bridgehead atoms. The SMILES string of the molecule is CC(=O)N1N=C(c2c(O)n(C3CCCCC3)c(=O)[nH]c2=O)CC1c1ccc(N(C)C)cc1. The minimum atomic E-state index is -0.689. The second-order valence-corrected chi connectivity index (χ2v) is 8.74. The smallest absolute Gasteiger partial charge is 0.331 e. The second-order valence-electron chi connectivity index (χ2n) is 8.74. The number of anilines is 1. The van der Waals surface area contributed by atoms with E-state index < -0.39 is 17.3 Å². The van der Waals surface area contributed by atoms with Gasteiger partial charge in [0.15, 0.2) is 0 Å². The molecule has 1 fully saturated rings. The summed E-state index contributed by atoms with van der Waals surface area (Å²) in [5.41, 5.74) is 0.863. The van der Waals surface area contributed by atoms with Crippen molar-refractivity contribution in [3.8, 4) is 5.88 Å². The van der Waals surface area contributed by atoms with Gasteiger partial charge in [-0.25, -0.2) is 9.80 Å². The predicted octanol–water partition coefficient (Wildman–Crippen LogP) is 2.51. The fourth-order valence-electron chi connectivity index (χ4n) is 4.68. The van der Waals surface area contributed by atoms with Crippen LogP contribution in [0.3, 0.4) is 0 Å². The molecule has 1 unspecified atom stereocenters. The maximum atomic E-state index is 12.7. The topological polar surface area (TPSA) is 111 Å². The molecule has 1 aliphatic heterocycles. The van der Waals surface area contributed by atoms with E-state index >= 15 is 0 Å². The van der Waals surface area contributed by atoms with Crippen LogP contribution in [0.15, 0.2) is 39.0 Å². The molecule has 1 aromatic carbocycles. The van der Waals surface area contributed by atoms with Crippen molar-refractivity contribution in [1.29, 1.82) is 0 Å². The lowest BCUT2D eigenvalue weighted by Crippen LogP contribution is -2.36. The molecule has 4 rings (SSSR count). The summed E-state index contributed by atoms with van der Waals surface area (Å²) < 4.78 is 1.29. The Morgan fingerprint density at radius 2 is 1.78 bits per heavy atom. The molecule has 0 spiro atoms. The zero-order valence-electron chi connectivity index (χ0n) is 18.7. The van der Waals surface area contributed by atoms with E-state index in [4.69, 9.17) is 0 Å². The number of nitrogens with one attached hydrogen (secondary N) is 1. The van der Waals surface area contributed by atoms with E-state index in [9.17, 15) is 19.5 Å². The average molecular weight is 440 g/mol. The van der Waals surface area contributed by atoms with Gasteiger partial charge in [0.25, 0.3) is 5.56 Å². The summed E-state index contributed by atoms with van der Waals surface area (Å²) in [4.78, 5) is 41.9. The molecule has 170 valence electrons. The van der Waals surface area contributed by atoms with Crippen LogP contribution in [-0.2, 0) is 4.79 Å². The highest BCUT2D eigenvalue weighted by atomic mass is 16.3. The summed E-state index contributed by atoms with van der Waals surface area (Å²) in [6, 6.07) is 7.22. The normalized spacial score (nSPS) is 19.2. The van der Waals surface area contributed by atoms with Gasteiger partial charge in [0, 0.05) is 39.2 Å². The number of hydrogen-bond donors (Lipinski definition) is 2. The third-order valence-corrected chi connectivity index (χ3v) is 6.37. The summed E-state index contributed by atoms with van der Waals surface area (Å²) in [6.45, 7) is 1.42. The van der Waals surface area contributed by atoms with Crippen molar-refractivity contribution in [2.75, 3.05) is 19.0 Å². The summed E-state index contributed by atoms with van der Waals surface area (Å²) in [5, 5.41) is 16.7. The van der Waals surface area contributed by atoms with Crippen LogP contribution >= 0.6 is 0 Å². The van der Waals surface area contributed by atoms with Gasteiger partial charge in [-0.15, -0.1) is 0 Å². The van der Waals surface area contributed by atoms with Gasteiger partial charge in [0.2, 0.25) is 11.8 Å². The third kappa shape index (κ3) is 3.94. The highest BCUT2D eigenvalue weighted by Gasteiger charge is 2.35. The summed E-state index contributed by atoms with van der Waals surface area (Å²) in [6.07, 6.45) is 4.83. The van der Waals surface area contributed by atoms with E-state index in [0.29, 0.717) is 5.71 Å². The number of hydrazone groups is 1. The first-order valence-corrected chi connectivity index (χ1v) is 11.0. The molecule has 1 amide bonds. The van der Waals surface area contributed by atoms with E-state index in [-0.39, 0.29) is 29.8 Å². The Balaban J connectivity index is 1.73. The van der Waals surface area contributed by atoms with Crippen LogP contribution in [0.5, 0.6) is 5.88 Å². The van der Waals surface area contributed by atoms with Crippen molar-refractivity contribution in [3.05, 3.63) is 56.2 Å². The number of H-pyrrole nitrogens is 1. The molecule has 0 saturated heterocycles. The number of nitrogens with zero attached hydrogens (tertiary/aromatic N) is 4. The Morgan fingerprint density at radius 1 is 1.12 bits per heavy atom. The molecule has 1 aliphatic carbocycles. The van der Waals surface area contributed by atoms with E-state index in [0.717, 1.165) is 43.4 Å². The first-order valence-electron chi connectivity index (χ1n) is 11.0. The molecule has 1 aromatic heterocycles. The van der Waals surface area contributed by atoms with Crippen molar-refractivity contribution in [1.82, 2.24) is 14.6 Å². The maximum Gasteiger partial charge on any atom is 0.331 e. The van der Waals surface area contributed by atoms with Crippen LogP contribution < -0.4 is 16.1 Å². The van der Waals surface area contributed by atoms with E-state index in [1.807, 2.05) is 43.3 Å². The standard InChI is InChI=1S/C23H29N5O4/c1-14(29)28-19(15-9-11-16(12-10-15)26(2)3)13-18(25-28)20-21(30)24-23(32)27(22(20)31)17-7-5-4-6-8-17/h9-12,17,19,31H,4-8,13H2,1-3H3,(H,24,30,32). The Labute approximate surface area is 186 Å². The van der Waals surface area contributed by atoms with Gasteiger partial charge in [-0.05, 0) is 30.5 Å². The number of carbonyl (C=O) groups excluding carboxylic acids is 1. The molecule has 1 atom stereocenters. The van der Waals surface area contributed by atoms with Crippen LogP contribution in [0, 0.1) is 0 Å². The van der Waals surface area contributed by atoms with Gasteiger partial charge in [0.1, 0.15) is 5.56 Å². The molecule has 2 aliphatic rings. The predicted molar refractivity (Wildman–Crippen MR) is 122 cm³/mol. The Kier molecular flexibility index (Phi) is 5.90. The van der Waals surface area contributed by atoms with E-state index in [1.54, 1.807) is 0 Å². The van der Waals surface area contributed by atoms with Crippen LogP contribution in [0.2, 0.25) is 0 Å². The largest absolute Gasteiger partial charge is 0.494 e. The average Bonchev–Trinajstić information content (AvgIpc) is 3.19. The molecule has 9 nitrogen and oxygen atoms in total. The van der Waals surface area contributed by atoms with Crippen LogP contribution in [0.25, 0.3) is 0 Å². The lowest BCUT2D eigenvalue weighted by atomic mass is 9.95. The minimum absolute atomic E-state index is 0.0335. The molecular formula is C23H29N5O4. The third-order valence-electron chi connectivity index (χ3n) is 6.37. The summed E-state index contributed by atoms with van der Waals surface area (Å²) in [7, 11) is 3.90. The summed E-state index contributed by atoms with van der Waals surface area (Å²) in [5.74, 6) is -0.630. The van der Waals surface area contributed by atoms with Crippen molar-refractivity contribution >= 4 is 17.3 Å². The number of aromatic amines is 1. The molecule has 2 aromatic rings. The van der Waals surface area contributed by atoms with Crippen LogP contribution in [0.1, 0.15) is 68.7 Å². The van der Waals surface area contributed by atoms with Gasteiger partial charge < -0.3 is 10.0 Å². The van der Waals surface area contributed by atoms with Gasteiger partial charge in [-0.3, -0.25) is 19.1 Å². The molecule has 9 heteroatoms. The van der Waals surface area contributed by atoms with Crippen LogP contribution in [0.4, 0.5) is 5.69 Å². The monoisotopic (exact) mass is 439 g/mol. The number of benzene rings is 1. The fourth-order valence-corrected chi connectivity index (χ4v) is 4.68. The molecular weight excluding hydrogens is 410 g/mol. The number of aromatic hydroxyl groups is 1. The lowest BCUT2D eigenvalue weighted by Gasteiger charge is -2.25. The number of amides is 1. The Hall–Kier alpha value is -3.36. The molecule has 2 heterocycles. The van der Waals surface area contributed by atoms with Crippen molar-refractivity contribution < 1.29 is 9.90 Å². The Morgan fingerprint density at radius 3 is 2.38 bits per heavy atom. The first kappa shape index (κ1) is 21.9. The van der Waals surface area contributed by atoms with Gasteiger partial charge in [0.05, 0.1) is 11.8 Å². The zero-order chi connectivity index (χ0) is 23.0. The van der Waals surface area contributed by atoms with Gasteiger partial charge >= 0.3 is 5.69 Å². The van der Waals surface area contributed by atoms with E-state index in [1.165, 1.54) is 16.5 Å². The maximum absolute atomic E-state index is 12.7. The molecule has 1 saturated carbocycles. The fraction of sp³-hybridized carbons (Fsp3) is 0.478. The van der Waals surface area contributed by atoms with E-state index in [2.05, 4.69) is 10.1 Å². The van der Waals surface area contributed by atoms with Gasteiger partial charge in [-0.2, -0.15) is 5.10 Å². The Bertz CT molecular complexity index is 1160.